The Hall–Kier alpha value is -1.73. The van der Waals surface area contributed by atoms with Crippen LogP contribution in [0, 0.1) is 0 Å². The molecule has 0 aliphatic carbocycles. The Morgan fingerprint density at radius 1 is 0.578 bits per heavy atom. The summed E-state index contributed by atoms with van der Waals surface area (Å²) in [5.41, 5.74) is 0. The number of hydrogen-bond donors (Lipinski definition) is 2. The predicted molar refractivity (Wildman–Crippen MR) is 184 cm³/mol. The largest absolute Gasteiger partial charge is 0.469 e. The molecule has 0 amide bonds. The van der Waals surface area contributed by atoms with Crippen LogP contribution in [0.3, 0.4) is 0 Å². The lowest BCUT2D eigenvalue weighted by Crippen LogP contribution is -2.29. The number of unbranched alkanes of at least 4 members (excludes halogenated alkanes) is 16. The van der Waals surface area contributed by atoms with Gasteiger partial charge in [-0.3, -0.25) is 14.1 Å². The molecule has 0 aromatic rings. The second-order valence-electron chi connectivity index (χ2n) is 11.8. The Morgan fingerprint density at radius 3 is 1.49 bits per heavy atom. The molecule has 8 nitrogen and oxygen atoms in total. The first kappa shape index (κ1) is 43.3. The van der Waals surface area contributed by atoms with Gasteiger partial charge in [0.1, 0.15) is 6.61 Å². The molecule has 45 heavy (non-hydrogen) atoms. The predicted octanol–water partition coefficient (Wildman–Crippen LogP) is 10.2. The lowest BCUT2D eigenvalue weighted by molar-refractivity contribution is -0.161. The molecule has 0 saturated heterocycles. The van der Waals surface area contributed by atoms with E-state index in [9.17, 15) is 14.2 Å². The van der Waals surface area contributed by atoms with Crippen LogP contribution in [0.2, 0.25) is 0 Å². The lowest BCUT2D eigenvalue weighted by atomic mass is 10.1. The first-order valence-electron chi connectivity index (χ1n) is 17.8. The molecule has 262 valence electrons. The summed E-state index contributed by atoms with van der Waals surface area (Å²) < 4.78 is 26.2. The molecule has 0 fully saturated rings. The minimum atomic E-state index is -4.75. The van der Waals surface area contributed by atoms with E-state index in [0.29, 0.717) is 12.8 Å². The maximum atomic E-state index is 12.3. The van der Waals surface area contributed by atoms with Crippen molar-refractivity contribution in [2.45, 2.75) is 168 Å². The summed E-state index contributed by atoms with van der Waals surface area (Å²) >= 11 is 0. The van der Waals surface area contributed by atoms with Crippen LogP contribution in [0.4, 0.5) is 0 Å². The highest BCUT2D eigenvalue weighted by Crippen LogP contribution is 2.35. The minimum Gasteiger partial charge on any atom is -0.462 e. The zero-order chi connectivity index (χ0) is 33.3. The molecule has 0 radical (unpaired) electrons. The first-order valence-corrected chi connectivity index (χ1v) is 19.3. The second kappa shape index (κ2) is 32.2. The van der Waals surface area contributed by atoms with Gasteiger partial charge in [-0.1, -0.05) is 115 Å². The number of carbonyl (C=O) groups excluding carboxylic acids is 2. The van der Waals surface area contributed by atoms with Crippen molar-refractivity contribution >= 4 is 19.8 Å². The third-order valence-electron chi connectivity index (χ3n) is 7.38. The van der Waals surface area contributed by atoms with Gasteiger partial charge in [-0.15, -0.1) is 0 Å². The molecule has 0 spiro atoms. The lowest BCUT2D eigenvalue weighted by Gasteiger charge is -2.18. The van der Waals surface area contributed by atoms with Gasteiger partial charge in [0, 0.05) is 12.8 Å². The van der Waals surface area contributed by atoms with Gasteiger partial charge >= 0.3 is 19.8 Å². The van der Waals surface area contributed by atoms with Crippen LogP contribution in [0.15, 0.2) is 36.5 Å². The van der Waals surface area contributed by atoms with Crippen molar-refractivity contribution in [1.29, 1.82) is 0 Å². The number of hydrogen-bond acceptors (Lipinski definition) is 6. The fourth-order valence-corrected chi connectivity index (χ4v) is 5.05. The summed E-state index contributed by atoms with van der Waals surface area (Å²) in [6, 6.07) is 0. The van der Waals surface area contributed by atoms with E-state index in [0.717, 1.165) is 77.0 Å². The van der Waals surface area contributed by atoms with Crippen LogP contribution in [0.1, 0.15) is 162 Å². The van der Waals surface area contributed by atoms with Gasteiger partial charge in [-0.25, -0.2) is 4.57 Å². The van der Waals surface area contributed by atoms with Crippen molar-refractivity contribution in [3.8, 4) is 0 Å². The highest BCUT2D eigenvalue weighted by Gasteiger charge is 2.22. The molecule has 0 aliphatic heterocycles. The van der Waals surface area contributed by atoms with E-state index in [2.05, 4.69) is 54.8 Å². The summed E-state index contributed by atoms with van der Waals surface area (Å²) in [5, 5.41) is 0. The molecule has 0 saturated carbocycles. The van der Waals surface area contributed by atoms with E-state index in [-0.39, 0.29) is 19.4 Å². The van der Waals surface area contributed by atoms with E-state index >= 15 is 0 Å². The van der Waals surface area contributed by atoms with E-state index in [1.54, 1.807) is 0 Å². The second-order valence-corrected chi connectivity index (χ2v) is 13.1. The highest BCUT2D eigenvalue weighted by atomic mass is 31.2. The monoisotopic (exact) mass is 656 g/mol. The Bertz CT molecular complexity index is 833. The van der Waals surface area contributed by atoms with Crippen LogP contribution < -0.4 is 0 Å². The third kappa shape index (κ3) is 35.0. The van der Waals surface area contributed by atoms with Crippen LogP contribution in [0.5, 0.6) is 0 Å². The van der Waals surface area contributed by atoms with Crippen molar-refractivity contribution in [3.05, 3.63) is 36.5 Å². The van der Waals surface area contributed by atoms with Crippen molar-refractivity contribution in [3.63, 3.8) is 0 Å². The van der Waals surface area contributed by atoms with Crippen LogP contribution in [-0.2, 0) is 28.2 Å². The number of rotatable bonds is 32. The van der Waals surface area contributed by atoms with Gasteiger partial charge in [-0.2, -0.15) is 0 Å². The van der Waals surface area contributed by atoms with Gasteiger partial charge in [0.2, 0.25) is 0 Å². The smallest absolute Gasteiger partial charge is 0.462 e. The van der Waals surface area contributed by atoms with Gasteiger partial charge in [0.15, 0.2) is 6.10 Å². The molecular weight excluding hydrogens is 591 g/mol. The molecule has 9 heteroatoms. The Labute approximate surface area is 274 Å². The van der Waals surface area contributed by atoms with E-state index < -0.39 is 32.5 Å². The normalized spacial score (nSPS) is 12.9. The van der Waals surface area contributed by atoms with Crippen molar-refractivity contribution in [2.75, 3.05) is 13.2 Å². The fraction of sp³-hybridized carbons (Fsp3) is 0.778. The zero-order valence-corrected chi connectivity index (χ0v) is 29.4. The van der Waals surface area contributed by atoms with Crippen molar-refractivity contribution in [2.24, 2.45) is 0 Å². The van der Waals surface area contributed by atoms with Crippen molar-refractivity contribution < 1.29 is 37.9 Å². The van der Waals surface area contributed by atoms with Gasteiger partial charge in [-0.05, 0) is 70.6 Å². The number of phosphoric ester groups is 1. The molecule has 0 aromatic carbocycles. The number of esters is 2. The summed E-state index contributed by atoms with van der Waals surface area (Å²) in [6.07, 6.45) is 35.8. The van der Waals surface area contributed by atoms with Crippen LogP contribution >= 0.6 is 7.82 Å². The summed E-state index contributed by atoms with van der Waals surface area (Å²) in [7, 11) is -4.75. The molecular formula is C36H65O8P. The average Bonchev–Trinajstić information content (AvgIpc) is 3.00. The maximum Gasteiger partial charge on any atom is 0.469 e. The number of ether oxygens (including phenoxy) is 2. The summed E-state index contributed by atoms with van der Waals surface area (Å²) in [6.45, 7) is 3.59. The fourth-order valence-electron chi connectivity index (χ4n) is 4.69. The van der Waals surface area contributed by atoms with Gasteiger partial charge in [0.05, 0.1) is 6.61 Å². The van der Waals surface area contributed by atoms with Crippen molar-refractivity contribution in [1.82, 2.24) is 0 Å². The molecule has 0 heterocycles. The molecule has 0 aromatic heterocycles. The van der Waals surface area contributed by atoms with Gasteiger partial charge < -0.3 is 19.3 Å². The summed E-state index contributed by atoms with van der Waals surface area (Å²) in [5.74, 6) is -0.914. The number of phosphoric acid groups is 1. The zero-order valence-electron chi connectivity index (χ0n) is 28.5. The number of allylic oxidation sites excluding steroid dienone is 6. The molecule has 0 rings (SSSR count). The quantitative estimate of drug-likeness (QED) is 0.0318. The average molecular weight is 657 g/mol. The molecule has 0 bridgehead atoms. The summed E-state index contributed by atoms with van der Waals surface area (Å²) in [4.78, 5) is 42.6. The van der Waals surface area contributed by atoms with Gasteiger partial charge in [0.25, 0.3) is 0 Å². The molecule has 0 unspecified atom stereocenters. The molecule has 1 atom stereocenters. The van der Waals surface area contributed by atoms with Crippen LogP contribution in [0.25, 0.3) is 0 Å². The number of carbonyl (C=O) groups is 2. The highest BCUT2D eigenvalue weighted by molar-refractivity contribution is 7.46. The van der Waals surface area contributed by atoms with E-state index in [4.69, 9.17) is 19.3 Å². The standard InChI is InChI=1S/C36H65O8P/c1-3-5-7-9-11-13-15-17-18-19-21-22-24-26-28-30-35(37)42-32-34(33-43-45(39,40)41)44-36(38)31-29-27-25-23-20-16-14-12-10-8-6-4-2/h11-14,17-18,34H,3-10,15-16,19-33H2,1-2H3,(H2,39,40,41)/b13-11+,14-12+,18-17+/t34-/m1/s1. The minimum absolute atomic E-state index is 0.198. The molecule has 2 N–H and O–H groups in total. The third-order valence-corrected chi connectivity index (χ3v) is 7.87. The Morgan fingerprint density at radius 2 is 1.00 bits per heavy atom. The van der Waals surface area contributed by atoms with Crippen LogP contribution in [-0.4, -0.2) is 41.0 Å². The maximum absolute atomic E-state index is 12.3. The van der Waals surface area contributed by atoms with E-state index in [1.165, 1.54) is 44.9 Å². The Balaban J connectivity index is 4.03. The molecule has 0 aliphatic rings. The Kier molecular flexibility index (Phi) is 31.0. The SMILES string of the molecule is CCCCC/C=C/C/C=C/CCCCCCCC(=O)OC[C@H](COP(=O)(O)O)OC(=O)CCCCCCC/C=C/CCCCC. The first-order chi connectivity index (χ1) is 21.8. The topological polar surface area (TPSA) is 119 Å². The van der Waals surface area contributed by atoms with E-state index in [1.807, 2.05) is 0 Å².